The number of nitrogens with zero attached hydrogens (tertiary/aromatic N) is 2. The van der Waals surface area contributed by atoms with Crippen molar-refractivity contribution in [2.24, 2.45) is 0 Å². The molecular formula is C13H15N3O. The van der Waals surface area contributed by atoms with Gasteiger partial charge in [-0.1, -0.05) is 18.2 Å². The molecule has 1 aromatic rings. The van der Waals surface area contributed by atoms with Crippen LogP contribution < -0.4 is 5.32 Å². The molecule has 4 heteroatoms. The Bertz CT molecular complexity index is 464. The highest BCUT2D eigenvalue weighted by Crippen LogP contribution is 2.14. The fourth-order valence-corrected chi connectivity index (χ4v) is 2.03. The average Bonchev–Trinajstić information content (AvgIpc) is 2.35. The smallest absolute Gasteiger partial charge is 0.237 e. The number of hydrogen-bond acceptors (Lipinski definition) is 3. The number of rotatable bonds is 2. The van der Waals surface area contributed by atoms with Crippen molar-refractivity contribution in [1.82, 2.24) is 10.2 Å². The summed E-state index contributed by atoms with van der Waals surface area (Å²) in [5, 5.41) is 11.8. The molecule has 1 aromatic carbocycles. The summed E-state index contributed by atoms with van der Waals surface area (Å²) < 4.78 is 0. The number of carbonyl (C=O) groups excluding carboxylic acids is 1. The van der Waals surface area contributed by atoms with Crippen LogP contribution in [-0.2, 0) is 11.3 Å². The lowest BCUT2D eigenvalue weighted by atomic mass is 10.1. The first-order chi connectivity index (χ1) is 8.22. The van der Waals surface area contributed by atoms with Crippen molar-refractivity contribution in [3.8, 4) is 6.07 Å². The summed E-state index contributed by atoms with van der Waals surface area (Å²) in [7, 11) is 0. The number of nitrogens with one attached hydrogen (secondary N) is 1. The molecule has 0 spiro atoms. The standard InChI is InChI=1S/C13H15N3O/c1-10-13(17)15-6-7-16(10)9-12-5-3-2-4-11(12)8-14/h2-5,10H,6-7,9H2,1H3,(H,15,17). The summed E-state index contributed by atoms with van der Waals surface area (Å²) in [5.74, 6) is 0.0608. The van der Waals surface area contributed by atoms with Crippen LogP contribution in [0.15, 0.2) is 24.3 Å². The van der Waals surface area contributed by atoms with E-state index in [0.717, 1.165) is 12.1 Å². The van der Waals surface area contributed by atoms with Crippen LogP contribution >= 0.6 is 0 Å². The second kappa shape index (κ2) is 4.98. The quantitative estimate of drug-likeness (QED) is 0.819. The third-order valence-electron chi connectivity index (χ3n) is 3.14. The van der Waals surface area contributed by atoms with E-state index in [1.807, 2.05) is 31.2 Å². The predicted molar refractivity (Wildman–Crippen MR) is 64.0 cm³/mol. The molecule has 1 atom stereocenters. The van der Waals surface area contributed by atoms with Gasteiger partial charge in [0, 0.05) is 19.6 Å². The Balaban J connectivity index is 2.15. The molecule has 2 rings (SSSR count). The molecule has 1 unspecified atom stereocenters. The molecule has 0 radical (unpaired) electrons. The SMILES string of the molecule is CC1C(=O)NCCN1Cc1ccccc1C#N. The van der Waals surface area contributed by atoms with E-state index in [2.05, 4.69) is 16.3 Å². The van der Waals surface area contributed by atoms with Crippen molar-refractivity contribution >= 4 is 5.91 Å². The minimum atomic E-state index is -0.129. The molecule has 0 aliphatic carbocycles. The van der Waals surface area contributed by atoms with Gasteiger partial charge >= 0.3 is 0 Å². The van der Waals surface area contributed by atoms with Crippen molar-refractivity contribution in [3.63, 3.8) is 0 Å². The predicted octanol–water partition coefficient (Wildman–Crippen LogP) is 0.879. The Morgan fingerprint density at radius 3 is 3.06 bits per heavy atom. The number of nitriles is 1. The van der Waals surface area contributed by atoms with Gasteiger partial charge in [0.25, 0.3) is 0 Å². The van der Waals surface area contributed by atoms with Crippen molar-refractivity contribution < 1.29 is 4.79 Å². The molecule has 0 saturated carbocycles. The molecule has 1 fully saturated rings. The van der Waals surface area contributed by atoms with Gasteiger partial charge in [-0.3, -0.25) is 9.69 Å². The topological polar surface area (TPSA) is 56.1 Å². The molecule has 1 aliphatic rings. The Morgan fingerprint density at radius 1 is 1.53 bits per heavy atom. The zero-order valence-corrected chi connectivity index (χ0v) is 9.81. The molecule has 88 valence electrons. The summed E-state index contributed by atoms with van der Waals surface area (Å²) in [6.45, 7) is 4.05. The van der Waals surface area contributed by atoms with E-state index in [1.54, 1.807) is 0 Å². The second-order valence-corrected chi connectivity index (χ2v) is 4.21. The van der Waals surface area contributed by atoms with Gasteiger partial charge in [0.1, 0.15) is 0 Å². The normalized spacial score (nSPS) is 20.7. The zero-order chi connectivity index (χ0) is 12.3. The first kappa shape index (κ1) is 11.6. The molecule has 0 bridgehead atoms. The molecule has 1 heterocycles. The minimum Gasteiger partial charge on any atom is -0.353 e. The summed E-state index contributed by atoms with van der Waals surface area (Å²) in [5.41, 5.74) is 1.67. The van der Waals surface area contributed by atoms with Gasteiger partial charge in [0.05, 0.1) is 17.7 Å². The van der Waals surface area contributed by atoms with Gasteiger partial charge in [-0.25, -0.2) is 0 Å². The maximum atomic E-state index is 11.5. The van der Waals surface area contributed by atoms with E-state index >= 15 is 0 Å². The van der Waals surface area contributed by atoms with Crippen LogP contribution in [0.2, 0.25) is 0 Å². The van der Waals surface area contributed by atoms with Crippen molar-refractivity contribution in [2.45, 2.75) is 19.5 Å². The van der Waals surface area contributed by atoms with E-state index in [1.165, 1.54) is 0 Å². The number of hydrogen-bond donors (Lipinski definition) is 1. The molecule has 1 amide bonds. The highest BCUT2D eigenvalue weighted by molar-refractivity contribution is 5.82. The second-order valence-electron chi connectivity index (χ2n) is 4.21. The van der Waals surface area contributed by atoms with Crippen molar-refractivity contribution in [3.05, 3.63) is 35.4 Å². The highest BCUT2D eigenvalue weighted by atomic mass is 16.2. The van der Waals surface area contributed by atoms with Crippen LogP contribution in [0.4, 0.5) is 0 Å². The molecule has 4 nitrogen and oxygen atoms in total. The van der Waals surface area contributed by atoms with Crippen LogP contribution in [0.5, 0.6) is 0 Å². The highest BCUT2D eigenvalue weighted by Gasteiger charge is 2.25. The summed E-state index contributed by atoms with van der Waals surface area (Å²) in [4.78, 5) is 13.6. The maximum absolute atomic E-state index is 11.5. The summed E-state index contributed by atoms with van der Waals surface area (Å²) >= 11 is 0. The van der Waals surface area contributed by atoms with Crippen molar-refractivity contribution in [2.75, 3.05) is 13.1 Å². The van der Waals surface area contributed by atoms with E-state index in [9.17, 15) is 4.79 Å². The Hall–Kier alpha value is -1.86. The van der Waals surface area contributed by atoms with Gasteiger partial charge in [-0.15, -0.1) is 0 Å². The fourth-order valence-electron chi connectivity index (χ4n) is 2.03. The summed E-state index contributed by atoms with van der Waals surface area (Å²) in [6.07, 6.45) is 0. The van der Waals surface area contributed by atoms with Crippen LogP contribution in [-0.4, -0.2) is 29.9 Å². The third kappa shape index (κ3) is 2.45. The van der Waals surface area contributed by atoms with Crippen LogP contribution in [0.25, 0.3) is 0 Å². The van der Waals surface area contributed by atoms with Gasteiger partial charge in [0.2, 0.25) is 5.91 Å². The molecule has 0 aromatic heterocycles. The molecule has 17 heavy (non-hydrogen) atoms. The maximum Gasteiger partial charge on any atom is 0.237 e. The van der Waals surface area contributed by atoms with E-state index in [0.29, 0.717) is 18.7 Å². The molecular weight excluding hydrogens is 214 g/mol. The van der Waals surface area contributed by atoms with Crippen LogP contribution in [0, 0.1) is 11.3 Å². The molecule has 1 saturated heterocycles. The minimum absolute atomic E-state index is 0.0608. The first-order valence-corrected chi connectivity index (χ1v) is 5.72. The zero-order valence-electron chi connectivity index (χ0n) is 9.81. The van der Waals surface area contributed by atoms with Gasteiger partial charge in [-0.2, -0.15) is 5.26 Å². The van der Waals surface area contributed by atoms with E-state index < -0.39 is 0 Å². The van der Waals surface area contributed by atoms with Crippen LogP contribution in [0.3, 0.4) is 0 Å². The van der Waals surface area contributed by atoms with Gasteiger partial charge in [-0.05, 0) is 18.6 Å². The Labute approximate surface area is 101 Å². The van der Waals surface area contributed by atoms with E-state index in [-0.39, 0.29) is 11.9 Å². The van der Waals surface area contributed by atoms with Gasteiger partial charge < -0.3 is 5.32 Å². The monoisotopic (exact) mass is 229 g/mol. The first-order valence-electron chi connectivity index (χ1n) is 5.72. The third-order valence-corrected chi connectivity index (χ3v) is 3.14. The lowest BCUT2D eigenvalue weighted by molar-refractivity contribution is -0.128. The van der Waals surface area contributed by atoms with Crippen LogP contribution in [0.1, 0.15) is 18.1 Å². The van der Waals surface area contributed by atoms with Crippen molar-refractivity contribution in [1.29, 1.82) is 5.26 Å². The average molecular weight is 229 g/mol. The number of amides is 1. The Kier molecular flexibility index (Phi) is 3.40. The molecule has 1 aliphatic heterocycles. The lowest BCUT2D eigenvalue weighted by Crippen LogP contribution is -2.53. The molecule has 1 N–H and O–H groups in total. The fraction of sp³-hybridized carbons (Fsp3) is 0.385. The van der Waals surface area contributed by atoms with Gasteiger partial charge in [0.15, 0.2) is 0 Å². The number of benzene rings is 1. The number of piperazine rings is 1. The summed E-state index contributed by atoms with van der Waals surface area (Å²) in [6, 6.07) is 9.58. The lowest BCUT2D eigenvalue weighted by Gasteiger charge is -2.32. The Morgan fingerprint density at radius 2 is 2.29 bits per heavy atom. The van der Waals surface area contributed by atoms with E-state index in [4.69, 9.17) is 5.26 Å². The largest absolute Gasteiger partial charge is 0.353 e. The number of carbonyl (C=O) groups is 1.